The van der Waals surface area contributed by atoms with Crippen LogP contribution in [0, 0.1) is 0 Å². The molecule has 29 heavy (non-hydrogen) atoms. The Kier molecular flexibility index (Phi) is 7.84. The van der Waals surface area contributed by atoms with Gasteiger partial charge in [-0.2, -0.15) is 4.31 Å². The largest absolute Gasteiger partial charge is 0.379 e. The summed E-state index contributed by atoms with van der Waals surface area (Å²) < 4.78 is 32.3. The predicted octanol–water partition coefficient (Wildman–Crippen LogP) is 4.14. The number of nitrogens with zero attached hydrogens (tertiary/aromatic N) is 1. The molecule has 2 aromatic rings. The van der Waals surface area contributed by atoms with Gasteiger partial charge in [0.25, 0.3) is 0 Å². The first kappa shape index (κ1) is 22.4. The van der Waals surface area contributed by atoms with Crippen LogP contribution < -0.4 is 5.32 Å². The Balaban J connectivity index is 1.61. The zero-order valence-corrected chi connectivity index (χ0v) is 18.6. The van der Waals surface area contributed by atoms with Crippen molar-refractivity contribution in [3.63, 3.8) is 0 Å². The van der Waals surface area contributed by atoms with E-state index in [1.165, 1.54) is 16.4 Å². The zero-order valence-electron chi connectivity index (χ0n) is 15.4. The van der Waals surface area contributed by atoms with Crippen molar-refractivity contribution in [1.82, 2.24) is 4.31 Å². The SMILES string of the molecule is O=C(CCSc1ccc(Cl)cc1)Nc1ccc(Cl)c(S(=O)(=O)N2CCOCC2)c1. The minimum Gasteiger partial charge on any atom is -0.379 e. The number of sulfonamides is 1. The number of amides is 1. The van der Waals surface area contributed by atoms with Gasteiger partial charge in [0.2, 0.25) is 15.9 Å². The summed E-state index contributed by atoms with van der Waals surface area (Å²) in [7, 11) is -3.75. The molecule has 1 aliphatic rings. The maximum absolute atomic E-state index is 12.9. The van der Waals surface area contributed by atoms with E-state index < -0.39 is 10.0 Å². The quantitative estimate of drug-likeness (QED) is 0.610. The Morgan fingerprint density at radius 2 is 1.79 bits per heavy atom. The summed E-state index contributed by atoms with van der Waals surface area (Å²) in [6.07, 6.45) is 0.279. The second-order valence-corrected chi connectivity index (χ2v) is 10.2. The Hall–Kier alpha value is -1.29. The molecule has 0 radical (unpaired) electrons. The fourth-order valence-corrected chi connectivity index (χ4v) is 5.61. The second kappa shape index (κ2) is 10.1. The van der Waals surface area contributed by atoms with Crippen molar-refractivity contribution >= 4 is 56.6 Å². The summed E-state index contributed by atoms with van der Waals surface area (Å²) in [6, 6.07) is 11.9. The molecule has 1 heterocycles. The lowest BCUT2D eigenvalue weighted by molar-refractivity contribution is -0.115. The van der Waals surface area contributed by atoms with Gasteiger partial charge in [-0.1, -0.05) is 23.2 Å². The predicted molar refractivity (Wildman–Crippen MR) is 116 cm³/mol. The number of hydrogen-bond donors (Lipinski definition) is 1. The highest BCUT2D eigenvalue weighted by Crippen LogP contribution is 2.28. The number of hydrogen-bond acceptors (Lipinski definition) is 5. The first-order valence-corrected chi connectivity index (χ1v) is 12.1. The molecule has 1 N–H and O–H groups in total. The first-order valence-electron chi connectivity index (χ1n) is 8.92. The molecule has 0 saturated carbocycles. The Bertz CT molecular complexity index is 963. The van der Waals surface area contributed by atoms with Crippen LogP contribution in [0.2, 0.25) is 10.0 Å². The van der Waals surface area contributed by atoms with Crippen molar-refractivity contribution in [1.29, 1.82) is 0 Å². The topological polar surface area (TPSA) is 75.7 Å². The molecular formula is C19H20Cl2N2O4S2. The van der Waals surface area contributed by atoms with Gasteiger partial charge in [-0.15, -0.1) is 11.8 Å². The molecule has 0 bridgehead atoms. The lowest BCUT2D eigenvalue weighted by Gasteiger charge is -2.26. The molecule has 10 heteroatoms. The van der Waals surface area contributed by atoms with Crippen molar-refractivity contribution in [2.45, 2.75) is 16.2 Å². The Labute approximate surface area is 184 Å². The number of thioether (sulfide) groups is 1. The summed E-state index contributed by atoms with van der Waals surface area (Å²) in [5.41, 5.74) is 0.391. The third kappa shape index (κ3) is 6.10. The summed E-state index contributed by atoms with van der Waals surface area (Å²) in [6.45, 7) is 1.24. The van der Waals surface area contributed by atoms with Crippen LogP contribution in [0.4, 0.5) is 5.69 Å². The zero-order chi connectivity index (χ0) is 20.9. The number of ether oxygens (including phenoxy) is 1. The Morgan fingerprint density at radius 1 is 1.10 bits per heavy atom. The van der Waals surface area contributed by atoms with E-state index in [0.717, 1.165) is 4.90 Å². The molecule has 1 saturated heterocycles. The molecule has 6 nitrogen and oxygen atoms in total. The van der Waals surface area contributed by atoms with Crippen LogP contribution in [0.3, 0.4) is 0 Å². The average Bonchev–Trinajstić information content (AvgIpc) is 2.71. The summed E-state index contributed by atoms with van der Waals surface area (Å²) in [4.78, 5) is 13.3. The molecule has 1 amide bonds. The molecule has 1 fully saturated rings. The van der Waals surface area contributed by atoms with E-state index in [-0.39, 0.29) is 35.3 Å². The maximum Gasteiger partial charge on any atom is 0.244 e. The van der Waals surface area contributed by atoms with Gasteiger partial charge in [-0.3, -0.25) is 4.79 Å². The summed E-state index contributed by atoms with van der Waals surface area (Å²) in [5.74, 6) is 0.378. The second-order valence-electron chi connectivity index (χ2n) is 6.26. The molecule has 2 aromatic carbocycles. The van der Waals surface area contributed by atoms with Crippen molar-refractivity contribution in [2.24, 2.45) is 0 Å². The van der Waals surface area contributed by atoms with Gasteiger partial charge in [-0.05, 0) is 42.5 Å². The monoisotopic (exact) mass is 474 g/mol. The average molecular weight is 475 g/mol. The van der Waals surface area contributed by atoms with Crippen molar-refractivity contribution < 1.29 is 17.9 Å². The molecule has 0 unspecified atom stereocenters. The van der Waals surface area contributed by atoms with Gasteiger partial charge in [-0.25, -0.2) is 8.42 Å². The van der Waals surface area contributed by atoms with Crippen LogP contribution in [0.15, 0.2) is 52.3 Å². The van der Waals surface area contributed by atoms with Gasteiger partial charge >= 0.3 is 0 Å². The lowest BCUT2D eigenvalue weighted by Crippen LogP contribution is -2.40. The number of anilines is 1. The van der Waals surface area contributed by atoms with Crippen LogP contribution in [-0.2, 0) is 19.6 Å². The number of morpholine rings is 1. The van der Waals surface area contributed by atoms with Gasteiger partial charge in [0.15, 0.2) is 0 Å². The summed E-state index contributed by atoms with van der Waals surface area (Å²) >= 11 is 13.5. The van der Waals surface area contributed by atoms with E-state index in [0.29, 0.717) is 29.7 Å². The maximum atomic E-state index is 12.9. The molecule has 0 spiro atoms. The van der Waals surface area contributed by atoms with Crippen LogP contribution >= 0.6 is 35.0 Å². The van der Waals surface area contributed by atoms with Gasteiger partial charge in [0.1, 0.15) is 4.90 Å². The van der Waals surface area contributed by atoms with Crippen molar-refractivity contribution in [3.05, 3.63) is 52.5 Å². The highest BCUT2D eigenvalue weighted by Gasteiger charge is 2.28. The third-order valence-electron chi connectivity index (χ3n) is 4.21. The Morgan fingerprint density at radius 3 is 2.48 bits per heavy atom. The van der Waals surface area contributed by atoms with E-state index in [9.17, 15) is 13.2 Å². The van der Waals surface area contributed by atoms with E-state index in [1.54, 1.807) is 30.0 Å². The van der Waals surface area contributed by atoms with E-state index >= 15 is 0 Å². The fraction of sp³-hybridized carbons (Fsp3) is 0.316. The number of nitrogens with one attached hydrogen (secondary N) is 1. The minimum atomic E-state index is -3.75. The first-order chi connectivity index (χ1) is 13.9. The number of carbonyl (C=O) groups is 1. The van der Waals surface area contributed by atoms with Crippen LogP contribution in [0.1, 0.15) is 6.42 Å². The number of benzene rings is 2. The lowest BCUT2D eigenvalue weighted by atomic mass is 10.3. The standard InChI is InChI=1S/C19H20Cl2N2O4S2/c20-14-1-4-16(5-2-14)28-12-7-19(24)22-15-3-6-17(21)18(13-15)29(25,26)23-8-10-27-11-9-23/h1-6,13H,7-12H2,(H,22,24). The van der Waals surface area contributed by atoms with Crippen LogP contribution in [0.25, 0.3) is 0 Å². The number of halogens is 2. The van der Waals surface area contributed by atoms with E-state index in [4.69, 9.17) is 27.9 Å². The minimum absolute atomic E-state index is 0.0191. The number of rotatable bonds is 7. The highest BCUT2D eigenvalue weighted by atomic mass is 35.5. The van der Waals surface area contributed by atoms with Gasteiger partial charge < -0.3 is 10.1 Å². The number of carbonyl (C=O) groups excluding carboxylic acids is 1. The fourth-order valence-electron chi connectivity index (χ4n) is 2.72. The molecule has 156 valence electrons. The smallest absolute Gasteiger partial charge is 0.244 e. The molecule has 3 rings (SSSR count). The summed E-state index contributed by atoms with van der Waals surface area (Å²) in [5, 5.41) is 3.52. The molecule has 0 aromatic heterocycles. The van der Waals surface area contributed by atoms with Crippen molar-refractivity contribution in [2.75, 3.05) is 37.4 Å². The van der Waals surface area contributed by atoms with Crippen molar-refractivity contribution in [3.8, 4) is 0 Å². The molecule has 0 atom stereocenters. The molecule has 1 aliphatic heterocycles. The van der Waals surface area contributed by atoms with Gasteiger partial charge in [0.05, 0.1) is 18.2 Å². The molecule has 0 aliphatic carbocycles. The van der Waals surface area contributed by atoms with Gasteiger partial charge in [0, 0.05) is 40.9 Å². The van der Waals surface area contributed by atoms with E-state index in [1.807, 2.05) is 12.1 Å². The highest BCUT2D eigenvalue weighted by molar-refractivity contribution is 7.99. The molecular weight excluding hydrogens is 455 g/mol. The third-order valence-corrected chi connectivity index (χ3v) is 7.86. The normalized spacial score (nSPS) is 15.2. The van der Waals surface area contributed by atoms with Crippen LogP contribution in [-0.4, -0.2) is 50.7 Å². The van der Waals surface area contributed by atoms with Crippen LogP contribution in [0.5, 0.6) is 0 Å². The van der Waals surface area contributed by atoms with E-state index in [2.05, 4.69) is 5.32 Å².